The third-order valence-electron chi connectivity index (χ3n) is 6.58. The molecule has 2 heterocycles. The number of allylic oxidation sites excluding steroid dienone is 5. The van der Waals surface area contributed by atoms with Gasteiger partial charge in [0.1, 0.15) is 0 Å². The fraction of sp³-hybridized carbons (Fsp3) is 0.407. The van der Waals surface area contributed by atoms with Crippen LogP contribution in [0, 0.1) is 12.8 Å². The van der Waals surface area contributed by atoms with Crippen LogP contribution in [-0.4, -0.2) is 41.2 Å². The third kappa shape index (κ3) is 4.87. The Balaban J connectivity index is 2.01. The van der Waals surface area contributed by atoms with E-state index in [4.69, 9.17) is 0 Å². The van der Waals surface area contributed by atoms with Crippen LogP contribution in [-0.2, 0) is 4.79 Å². The minimum atomic E-state index is -0.0845. The van der Waals surface area contributed by atoms with Gasteiger partial charge in [0.2, 0.25) is 5.91 Å². The molecule has 0 aliphatic carbocycles. The highest BCUT2D eigenvalue weighted by Crippen LogP contribution is 2.36. The van der Waals surface area contributed by atoms with E-state index in [-0.39, 0.29) is 17.9 Å². The molecule has 3 rings (SSSR count). The zero-order valence-corrected chi connectivity index (χ0v) is 20.2. The lowest BCUT2D eigenvalue weighted by atomic mass is 9.92. The number of aryl methyl sites for hydroxylation is 1. The van der Waals surface area contributed by atoms with E-state index in [1.54, 1.807) is 14.0 Å². The van der Waals surface area contributed by atoms with Crippen LogP contribution in [0.3, 0.4) is 0 Å². The fourth-order valence-corrected chi connectivity index (χ4v) is 4.89. The van der Waals surface area contributed by atoms with Crippen molar-refractivity contribution >= 4 is 17.4 Å². The Morgan fingerprint density at radius 1 is 1.22 bits per heavy atom. The largest absolute Gasteiger partial charge is 0.355 e. The van der Waals surface area contributed by atoms with Crippen molar-refractivity contribution in [2.75, 3.05) is 13.6 Å². The lowest BCUT2D eigenvalue weighted by Gasteiger charge is -2.31. The van der Waals surface area contributed by atoms with Crippen LogP contribution in [0.25, 0.3) is 5.57 Å². The van der Waals surface area contributed by atoms with Gasteiger partial charge in [-0.25, -0.2) is 0 Å². The van der Waals surface area contributed by atoms with Crippen LogP contribution in [0.1, 0.15) is 62.0 Å². The number of carbonyl (C=O) groups excluding carboxylic acids is 2. The van der Waals surface area contributed by atoms with Gasteiger partial charge in [-0.15, -0.1) is 0 Å². The van der Waals surface area contributed by atoms with Crippen LogP contribution in [0.4, 0.5) is 0 Å². The first-order chi connectivity index (χ1) is 15.1. The molecule has 2 amide bonds. The topological polar surface area (TPSA) is 52.7 Å². The molecule has 32 heavy (non-hydrogen) atoms. The van der Waals surface area contributed by atoms with Gasteiger partial charge < -0.3 is 15.1 Å². The van der Waals surface area contributed by atoms with Crippen molar-refractivity contribution in [1.29, 1.82) is 0 Å². The predicted octanol–water partition coefficient (Wildman–Crippen LogP) is 5.02. The Bertz CT molecular complexity index is 1030. The summed E-state index contributed by atoms with van der Waals surface area (Å²) in [7, 11) is 1.64. The van der Waals surface area contributed by atoms with E-state index in [1.807, 2.05) is 30.0 Å². The maximum atomic E-state index is 12.1. The summed E-state index contributed by atoms with van der Waals surface area (Å²) in [6.45, 7) is 15.1. The van der Waals surface area contributed by atoms with E-state index in [1.165, 1.54) is 16.8 Å². The molecule has 1 saturated heterocycles. The molecule has 1 aromatic rings. The molecule has 2 atom stereocenters. The lowest BCUT2D eigenvalue weighted by molar-refractivity contribution is -0.129. The van der Waals surface area contributed by atoms with E-state index in [2.05, 4.69) is 55.9 Å². The summed E-state index contributed by atoms with van der Waals surface area (Å²) in [5.74, 6) is 0.444. The number of amides is 2. The van der Waals surface area contributed by atoms with Gasteiger partial charge in [0.15, 0.2) is 0 Å². The number of carbonyl (C=O) groups is 2. The summed E-state index contributed by atoms with van der Waals surface area (Å²) in [6, 6.07) is 6.11. The lowest BCUT2D eigenvalue weighted by Crippen LogP contribution is -2.31. The molecule has 0 bridgehead atoms. The average Bonchev–Trinajstić information content (AvgIpc) is 3.12. The second kappa shape index (κ2) is 9.60. The van der Waals surface area contributed by atoms with Crippen molar-refractivity contribution < 1.29 is 9.59 Å². The van der Waals surface area contributed by atoms with Gasteiger partial charge in [-0.2, -0.15) is 0 Å². The van der Waals surface area contributed by atoms with Crippen LogP contribution in [0.5, 0.6) is 0 Å². The predicted molar refractivity (Wildman–Crippen MR) is 131 cm³/mol. The van der Waals surface area contributed by atoms with Crippen molar-refractivity contribution in [2.45, 2.75) is 53.5 Å². The van der Waals surface area contributed by atoms with Gasteiger partial charge >= 0.3 is 0 Å². The number of likely N-dealkylation sites (tertiary alicyclic amines) is 1. The Labute approximate surface area is 192 Å². The number of hydrogen-bond donors (Lipinski definition) is 1. The van der Waals surface area contributed by atoms with Gasteiger partial charge in [-0.3, -0.25) is 9.59 Å². The second-order valence-corrected chi connectivity index (χ2v) is 9.07. The zero-order chi connectivity index (χ0) is 23.6. The highest BCUT2D eigenvalue weighted by molar-refractivity contribution is 5.94. The first kappa shape index (κ1) is 23.6. The Morgan fingerprint density at radius 3 is 2.50 bits per heavy atom. The molecule has 1 N–H and O–H groups in total. The Hall–Kier alpha value is -3.08. The second-order valence-electron chi connectivity index (χ2n) is 9.07. The standard InChI is InChI=1S/C27H35N3O2/c1-17-10-11-29(19(3)12-17)26(15-23-14-20(4)30(16-23)22(6)31)21(5)25-9-8-24(13-18(25)2)27(32)28-7/h8-13,20,23H,3,14-16H2,1-2,4-7H3,(H,28,32)/b26-21+. The molecule has 2 unspecified atom stereocenters. The molecular weight excluding hydrogens is 398 g/mol. The van der Waals surface area contributed by atoms with E-state index in [9.17, 15) is 9.59 Å². The van der Waals surface area contributed by atoms with Crippen LogP contribution >= 0.6 is 0 Å². The SMILES string of the molecule is C=C1C=C(C)C=CN1/C(CC1CC(C)N(C(C)=O)C1)=C(\C)c1ccc(C(=O)NC)cc1C. The molecule has 0 saturated carbocycles. The summed E-state index contributed by atoms with van der Waals surface area (Å²) in [6.07, 6.45) is 8.12. The normalized spacial score (nSPS) is 21.4. The average molecular weight is 434 g/mol. The maximum absolute atomic E-state index is 12.1. The molecule has 1 fully saturated rings. The van der Waals surface area contributed by atoms with Crippen molar-refractivity contribution in [1.82, 2.24) is 15.1 Å². The van der Waals surface area contributed by atoms with Crippen LogP contribution < -0.4 is 5.32 Å². The minimum absolute atomic E-state index is 0.0845. The molecule has 5 heteroatoms. The van der Waals surface area contributed by atoms with Gasteiger partial charge in [-0.1, -0.05) is 12.6 Å². The molecule has 0 spiro atoms. The van der Waals surface area contributed by atoms with Crippen LogP contribution in [0.2, 0.25) is 0 Å². The van der Waals surface area contributed by atoms with E-state index in [0.29, 0.717) is 11.5 Å². The highest BCUT2D eigenvalue weighted by Gasteiger charge is 2.32. The quantitative estimate of drug-likeness (QED) is 0.709. The maximum Gasteiger partial charge on any atom is 0.251 e. The third-order valence-corrected chi connectivity index (χ3v) is 6.58. The first-order valence-electron chi connectivity index (χ1n) is 11.3. The molecule has 2 aliphatic rings. The number of benzene rings is 1. The summed E-state index contributed by atoms with van der Waals surface area (Å²) in [4.78, 5) is 28.2. The van der Waals surface area contributed by atoms with Gasteiger partial charge in [0.25, 0.3) is 5.91 Å². The minimum Gasteiger partial charge on any atom is -0.355 e. The molecule has 0 aromatic heterocycles. The fourth-order valence-electron chi connectivity index (χ4n) is 4.89. The van der Waals surface area contributed by atoms with Crippen LogP contribution in [0.15, 0.2) is 60.1 Å². The molecule has 170 valence electrons. The molecule has 1 aromatic carbocycles. The number of rotatable bonds is 5. The smallest absolute Gasteiger partial charge is 0.251 e. The van der Waals surface area contributed by atoms with Gasteiger partial charge in [0, 0.05) is 49.7 Å². The summed E-state index contributed by atoms with van der Waals surface area (Å²) < 4.78 is 0. The number of nitrogens with one attached hydrogen (secondary N) is 1. The monoisotopic (exact) mass is 433 g/mol. The van der Waals surface area contributed by atoms with E-state index >= 15 is 0 Å². The zero-order valence-electron chi connectivity index (χ0n) is 20.2. The molecular formula is C27H35N3O2. The van der Waals surface area contributed by atoms with Crippen molar-refractivity contribution in [3.8, 4) is 0 Å². The van der Waals surface area contributed by atoms with Gasteiger partial charge in [-0.05, 0) is 93.0 Å². The summed E-state index contributed by atoms with van der Waals surface area (Å²) >= 11 is 0. The molecule has 0 radical (unpaired) electrons. The number of hydrogen-bond acceptors (Lipinski definition) is 3. The Kier molecular flexibility index (Phi) is 7.07. The molecule has 5 nitrogen and oxygen atoms in total. The number of nitrogens with zero attached hydrogens (tertiary/aromatic N) is 2. The van der Waals surface area contributed by atoms with Crippen molar-refractivity contribution in [2.24, 2.45) is 5.92 Å². The summed E-state index contributed by atoms with van der Waals surface area (Å²) in [5, 5.41) is 2.69. The van der Waals surface area contributed by atoms with Crippen molar-refractivity contribution in [3.63, 3.8) is 0 Å². The Morgan fingerprint density at radius 2 is 1.94 bits per heavy atom. The van der Waals surface area contributed by atoms with E-state index < -0.39 is 0 Å². The van der Waals surface area contributed by atoms with E-state index in [0.717, 1.165) is 36.2 Å². The molecule has 2 aliphatic heterocycles. The summed E-state index contributed by atoms with van der Waals surface area (Å²) in [5.41, 5.74) is 7.30. The highest BCUT2D eigenvalue weighted by atomic mass is 16.2. The van der Waals surface area contributed by atoms with Gasteiger partial charge in [0.05, 0.1) is 0 Å². The van der Waals surface area contributed by atoms with Crippen molar-refractivity contribution in [3.05, 3.63) is 76.8 Å². The first-order valence-corrected chi connectivity index (χ1v) is 11.3.